The quantitative estimate of drug-likeness (QED) is 0.791. The van der Waals surface area contributed by atoms with Crippen LogP contribution in [0.2, 0.25) is 5.02 Å². The van der Waals surface area contributed by atoms with Crippen molar-refractivity contribution >= 4 is 34.7 Å². The fourth-order valence-corrected chi connectivity index (χ4v) is 3.22. The molecule has 1 N–H and O–H groups in total. The smallest absolute Gasteiger partial charge is 0.278 e. The molecule has 2 amide bonds. The average molecular weight is 369 g/mol. The van der Waals surface area contributed by atoms with Crippen LogP contribution >= 0.6 is 11.6 Å². The zero-order valence-electron chi connectivity index (χ0n) is 15.0. The molecular weight excluding hydrogens is 348 g/mol. The Kier molecular flexibility index (Phi) is 5.14. The van der Waals surface area contributed by atoms with Crippen molar-refractivity contribution in [2.24, 2.45) is 5.92 Å². The second-order valence-corrected chi connectivity index (χ2v) is 7.25. The van der Waals surface area contributed by atoms with E-state index in [0.717, 1.165) is 16.8 Å². The number of halogens is 1. The van der Waals surface area contributed by atoms with E-state index in [1.54, 1.807) is 6.07 Å². The molecule has 0 spiro atoms. The van der Waals surface area contributed by atoms with Crippen LogP contribution in [0.1, 0.15) is 25.0 Å². The molecule has 0 saturated carbocycles. The Balaban J connectivity index is 2.07. The summed E-state index contributed by atoms with van der Waals surface area (Å²) in [5.74, 6) is -0.363. The van der Waals surface area contributed by atoms with Crippen LogP contribution in [0.4, 0.5) is 5.69 Å². The molecule has 1 aliphatic rings. The number of nitrogens with one attached hydrogen (secondary N) is 1. The predicted molar refractivity (Wildman–Crippen MR) is 105 cm³/mol. The maximum atomic E-state index is 13.0. The molecule has 0 aliphatic carbocycles. The number of carbonyl (C=O) groups is 2. The molecule has 0 unspecified atom stereocenters. The highest BCUT2D eigenvalue weighted by Crippen LogP contribution is 2.32. The fraction of sp³-hybridized carbons (Fsp3) is 0.238. The second-order valence-electron chi connectivity index (χ2n) is 6.82. The van der Waals surface area contributed by atoms with Gasteiger partial charge in [-0.25, -0.2) is 0 Å². The van der Waals surface area contributed by atoms with Crippen molar-refractivity contribution in [1.82, 2.24) is 4.90 Å². The SMILES string of the molecule is Cc1cc(Cl)ccc1NC1=C(c2ccccc2)C(=O)N(CC(C)C)C1=O. The highest BCUT2D eigenvalue weighted by atomic mass is 35.5. The summed E-state index contributed by atoms with van der Waals surface area (Å²) in [5, 5.41) is 3.80. The van der Waals surface area contributed by atoms with Gasteiger partial charge in [-0.1, -0.05) is 55.8 Å². The van der Waals surface area contributed by atoms with Gasteiger partial charge in [-0.15, -0.1) is 0 Å². The van der Waals surface area contributed by atoms with E-state index < -0.39 is 0 Å². The summed E-state index contributed by atoms with van der Waals surface area (Å²) in [4.78, 5) is 27.3. The molecule has 0 bridgehead atoms. The average Bonchev–Trinajstić information content (AvgIpc) is 2.82. The first-order chi connectivity index (χ1) is 12.4. The number of benzene rings is 2. The first kappa shape index (κ1) is 18.2. The number of carbonyl (C=O) groups excluding carboxylic acids is 2. The third kappa shape index (κ3) is 3.51. The van der Waals surface area contributed by atoms with E-state index in [-0.39, 0.29) is 17.7 Å². The summed E-state index contributed by atoms with van der Waals surface area (Å²) in [6.07, 6.45) is 0. The van der Waals surface area contributed by atoms with Crippen LogP contribution in [-0.4, -0.2) is 23.3 Å². The summed E-state index contributed by atoms with van der Waals surface area (Å²) in [7, 11) is 0. The lowest BCUT2D eigenvalue weighted by Crippen LogP contribution is -2.35. The van der Waals surface area contributed by atoms with Gasteiger partial charge in [-0.3, -0.25) is 14.5 Å². The lowest BCUT2D eigenvalue weighted by molar-refractivity contribution is -0.137. The molecule has 0 fully saturated rings. The van der Waals surface area contributed by atoms with Gasteiger partial charge < -0.3 is 5.32 Å². The van der Waals surface area contributed by atoms with Crippen molar-refractivity contribution in [3.8, 4) is 0 Å². The minimum absolute atomic E-state index is 0.191. The predicted octanol–water partition coefficient (Wildman–Crippen LogP) is 4.50. The van der Waals surface area contributed by atoms with Gasteiger partial charge in [-0.2, -0.15) is 0 Å². The summed E-state index contributed by atoms with van der Waals surface area (Å²) < 4.78 is 0. The van der Waals surface area contributed by atoms with E-state index in [4.69, 9.17) is 11.6 Å². The van der Waals surface area contributed by atoms with Gasteiger partial charge in [0.25, 0.3) is 11.8 Å². The van der Waals surface area contributed by atoms with Gasteiger partial charge in [0, 0.05) is 17.3 Å². The monoisotopic (exact) mass is 368 g/mol. The normalized spacial score (nSPS) is 14.6. The Morgan fingerprint density at radius 2 is 1.73 bits per heavy atom. The molecule has 2 aromatic rings. The first-order valence-electron chi connectivity index (χ1n) is 8.57. The second kappa shape index (κ2) is 7.34. The van der Waals surface area contributed by atoms with Gasteiger partial charge >= 0.3 is 0 Å². The van der Waals surface area contributed by atoms with Crippen molar-refractivity contribution in [3.63, 3.8) is 0 Å². The number of aryl methyl sites for hydroxylation is 1. The van der Waals surface area contributed by atoms with Crippen LogP contribution in [0, 0.1) is 12.8 Å². The highest BCUT2D eigenvalue weighted by Gasteiger charge is 2.39. The highest BCUT2D eigenvalue weighted by molar-refractivity contribution is 6.36. The molecule has 0 saturated heterocycles. The summed E-state index contributed by atoms with van der Waals surface area (Å²) in [5.41, 5.74) is 3.11. The minimum Gasteiger partial charge on any atom is -0.350 e. The molecule has 1 heterocycles. The third-order valence-corrected chi connectivity index (χ3v) is 4.46. The molecule has 1 aliphatic heterocycles. The minimum atomic E-state index is -0.295. The number of anilines is 1. The molecule has 0 radical (unpaired) electrons. The molecule has 3 rings (SSSR count). The van der Waals surface area contributed by atoms with Crippen molar-refractivity contribution in [1.29, 1.82) is 0 Å². The van der Waals surface area contributed by atoms with Crippen molar-refractivity contribution < 1.29 is 9.59 Å². The van der Waals surface area contributed by atoms with E-state index >= 15 is 0 Å². The maximum absolute atomic E-state index is 13.0. The molecule has 26 heavy (non-hydrogen) atoms. The van der Waals surface area contributed by atoms with E-state index in [1.807, 2.05) is 63.2 Å². The Hall–Kier alpha value is -2.59. The van der Waals surface area contributed by atoms with E-state index in [0.29, 0.717) is 22.8 Å². The van der Waals surface area contributed by atoms with Crippen LogP contribution in [0.5, 0.6) is 0 Å². The number of amides is 2. The number of rotatable bonds is 5. The fourth-order valence-electron chi connectivity index (χ4n) is 3.00. The van der Waals surface area contributed by atoms with Crippen LogP contribution in [0.3, 0.4) is 0 Å². The number of nitrogens with zero attached hydrogens (tertiary/aromatic N) is 1. The summed E-state index contributed by atoms with van der Waals surface area (Å²) in [6, 6.07) is 14.7. The van der Waals surface area contributed by atoms with Crippen LogP contribution < -0.4 is 5.32 Å². The lowest BCUT2D eigenvalue weighted by Gasteiger charge is -2.17. The van der Waals surface area contributed by atoms with Crippen molar-refractivity contribution in [3.05, 3.63) is 70.4 Å². The Morgan fingerprint density at radius 1 is 1.04 bits per heavy atom. The molecule has 0 aromatic heterocycles. The first-order valence-corrected chi connectivity index (χ1v) is 8.95. The zero-order chi connectivity index (χ0) is 18.8. The molecule has 0 atom stereocenters. The number of hydrogen-bond acceptors (Lipinski definition) is 3. The van der Waals surface area contributed by atoms with Crippen LogP contribution in [-0.2, 0) is 9.59 Å². The van der Waals surface area contributed by atoms with Crippen molar-refractivity contribution in [2.45, 2.75) is 20.8 Å². The Labute approximate surface area is 158 Å². The molecular formula is C21H21ClN2O2. The third-order valence-electron chi connectivity index (χ3n) is 4.23. The largest absolute Gasteiger partial charge is 0.350 e. The topological polar surface area (TPSA) is 49.4 Å². The van der Waals surface area contributed by atoms with Crippen molar-refractivity contribution in [2.75, 3.05) is 11.9 Å². The summed E-state index contributed by atoms with van der Waals surface area (Å²) >= 11 is 6.02. The lowest BCUT2D eigenvalue weighted by atomic mass is 10.0. The standard InChI is InChI=1S/C21H21ClN2O2/c1-13(2)12-24-20(25)18(15-7-5-4-6-8-15)19(21(24)26)23-17-10-9-16(22)11-14(17)3/h4-11,13,23H,12H2,1-3H3. The number of imide groups is 1. The zero-order valence-corrected chi connectivity index (χ0v) is 15.8. The van der Waals surface area contributed by atoms with Gasteiger partial charge in [0.1, 0.15) is 5.70 Å². The van der Waals surface area contributed by atoms with E-state index in [2.05, 4.69) is 5.32 Å². The Morgan fingerprint density at radius 3 is 2.35 bits per heavy atom. The van der Waals surface area contributed by atoms with E-state index in [1.165, 1.54) is 4.90 Å². The van der Waals surface area contributed by atoms with Gasteiger partial charge in [0.2, 0.25) is 0 Å². The molecule has 5 heteroatoms. The molecule has 2 aromatic carbocycles. The van der Waals surface area contributed by atoms with Gasteiger partial charge in [0.05, 0.1) is 5.57 Å². The van der Waals surface area contributed by atoms with Gasteiger partial charge in [-0.05, 0) is 42.2 Å². The molecule has 4 nitrogen and oxygen atoms in total. The Bertz CT molecular complexity index is 888. The van der Waals surface area contributed by atoms with Gasteiger partial charge in [0.15, 0.2) is 0 Å². The van der Waals surface area contributed by atoms with Crippen LogP contribution in [0.25, 0.3) is 5.57 Å². The molecule has 134 valence electrons. The van der Waals surface area contributed by atoms with Crippen LogP contribution in [0.15, 0.2) is 54.2 Å². The maximum Gasteiger partial charge on any atom is 0.278 e. The summed E-state index contributed by atoms with van der Waals surface area (Å²) in [6.45, 7) is 6.26. The number of hydrogen-bond donors (Lipinski definition) is 1. The van der Waals surface area contributed by atoms with E-state index in [9.17, 15) is 9.59 Å².